The zero-order valence-electron chi connectivity index (χ0n) is 12.7. The van der Waals surface area contributed by atoms with Crippen molar-refractivity contribution in [2.75, 3.05) is 38.1 Å². The molecule has 2 fully saturated rings. The minimum absolute atomic E-state index is 0.0297. The number of carbonyl (C=O) groups is 1. The van der Waals surface area contributed by atoms with Gasteiger partial charge in [0, 0.05) is 44.1 Å². The molecule has 5 heteroatoms. The highest BCUT2D eigenvalue weighted by molar-refractivity contribution is 5.93. The fourth-order valence-corrected chi connectivity index (χ4v) is 3.13. The van der Waals surface area contributed by atoms with Crippen molar-refractivity contribution in [3.05, 3.63) is 24.0 Å². The highest BCUT2D eigenvalue weighted by Crippen LogP contribution is 2.19. The van der Waals surface area contributed by atoms with Gasteiger partial charge < -0.3 is 15.1 Å². The summed E-state index contributed by atoms with van der Waals surface area (Å²) in [6, 6.07) is 4.26. The SMILES string of the molecule is CN1CCN(c2ccnc(C(=O)NC3CCCC3)c2)CC1. The van der Waals surface area contributed by atoms with Gasteiger partial charge in [-0.3, -0.25) is 9.78 Å². The van der Waals surface area contributed by atoms with Crippen molar-refractivity contribution in [2.24, 2.45) is 0 Å². The molecule has 0 radical (unpaired) electrons. The number of piperazine rings is 1. The Bertz CT molecular complexity index is 491. The van der Waals surface area contributed by atoms with E-state index in [2.05, 4.69) is 27.1 Å². The number of likely N-dealkylation sites (N-methyl/N-ethyl adjacent to an activating group) is 1. The van der Waals surface area contributed by atoms with E-state index in [9.17, 15) is 4.79 Å². The van der Waals surface area contributed by atoms with Crippen molar-refractivity contribution in [2.45, 2.75) is 31.7 Å². The lowest BCUT2D eigenvalue weighted by Gasteiger charge is -2.34. The molecule has 1 saturated carbocycles. The zero-order chi connectivity index (χ0) is 14.7. The summed E-state index contributed by atoms with van der Waals surface area (Å²) in [5, 5.41) is 3.10. The summed E-state index contributed by atoms with van der Waals surface area (Å²) in [6.07, 6.45) is 6.39. The molecule has 1 aliphatic heterocycles. The number of amides is 1. The summed E-state index contributed by atoms with van der Waals surface area (Å²) in [4.78, 5) is 21.2. The molecule has 0 aromatic carbocycles. The Morgan fingerprint density at radius 3 is 2.67 bits per heavy atom. The zero-order valence-corrected chi connectivity index (χ0v) is 12.7. The van der Waals surface area contributed by atoms with Gasteiger partial charge in [-0.2, -0.15) is 0 Å². The van der Waals surface area contributed by atoms with Crippen LogP contribution in [-0.4, -0.2) is 55.1 Å². The molecular weight excluding hydrogens is 264 g/mol. The maximum Gasteiger partial charge on any atom is 0.270 e. The minimum atomic E-state index is -0.0297. The second-order valence-electron chi connectivity index (χ2n) is 6.14. The highest BCUT2D eigenvalue weighted by Gasteiger charge is 2.20. The van der Waals surface area contributed by atoms with Gasteiger partial charge in [0.25, 0.3) is 5.91 Å². The van der Waals surface area contributed by atoms with Crippen LogP contribution in [0.3, 0.4) is 0 Å². The van der Waals surface area contributed by atoms with E-state index in [-0.39, 0.29) is 5.91 Å². The molecule has 2 heterocycles. The number of nitrogens with one attached hydrogen (secondary N) is 1. The largest absolute Gasteiger partial charge is 0.369 e. The van der Waals surface area contributed by atoms with Crippen molar-refractivity contribution in [1.82, 2.24) is 15.2 Å². The number of anilines is 1. The second-order valence-corrected chi connectivity index (χ2v) is 6.14. The predicted octanol–water partition coefficient (Wildman–Crippen LogP) is 1.51. The third kappa shape index (κ3) is 3.53. The summed E-state index contributed by atoms with van der Waals surface area (Å²) in [7, 11) is 2.14. The molecule has 1 aromatic rings. The van der Waals surface area contributed by atoms with Crippen LogP contribution in [0.2, 0.25) is 0 Å². The lowest BCUT2D eigenvalue weighted by atomic mass is 10.2. The van der Waals surface area contributed by atoms with Gasteiger partial charge in [-0.1, -0.05) is 12.8 Å². The maximum atomic E-state index is 12.3. The van der Waals surface area contributed by atoms with E-state index in [0.717, 1.165) is 44.7 Å². The number of hydrogen-bond acceptors (Lipinski definition) is 4. The van der Waals surface area contributed by atoms with Gasteiger partial charge in [0.2, 0.25) is 0 Å². The number of hydrogen-bond donors (Lipinski definition) is 1. The molecule has 21 heavy (non-hydrogen) atoms. The average Bonchev–Trinajstić information content (AvgIpc) is 3.01. The molecule has 1 saturated heterocycles. The van der Waals surface area contributed by atoms with E-state index in [4.69, 9.17) is 0 Å². The quantitative estimate of drug-likeness (QED) is 0.916. The van der Waals surface area contributed by atoms with Crippen LogP contribution >= 0.6 is 0 Å². The van der Waals surface area contributed by atoms with Crippen LogP contribution in [-0.2, 0) is 0 Å². The summed E-state index contributed by atoms with van der Waals surface area (Å²) >= 11 is 0. The molecule has 3 rings (SSSR count). The summed E-state index contributed by atoms with van der Waals surface area (Å²) in [6.45, 7) is 4.13. The topological polar surface area (TPSA) is 48.5 Å². The molecule has 0 bridgehead atoms. The molecule has 0 spiro atoms. The first-order valence-corrected chi connectivity index (χ1v) is 7.93. The molecule has 1 aliphatic carbocycles. The van der Waals surface area contributed by atoms with Crippen LogP contribution in [0.15, 0.2) is 18.3 Å². The van der Waals surface area contributed by atoms with Crippen molar-refractivity contribution < 1.29 is 4.79 Å². The van der Waals surface area contributed by atoms with Crippen LogP contribution in [0.25, 0.3) is 0 Å². The fourth-order valence-electron chi connectivity index (χ4n) is 3.13. The Balaban J connectivity index is 1.66. The van der Waals surface area contributed by atoms with E-state index in [1.54, 1.807) is 6.20 Å². The first-order chi connectivity index (χ1) is 10.2. The Labute approximate surface area is 126 Å². The van der Waals surface area contributed by atoms with Crippen molar-refractivity contribution in [1.29, 1.82) is 0 Å². The van der Waals surface area contributed by atoms with Crippen LogP contribution in [0.1, 0.15) is 36.2 Å². The summed E-state index contributed by atoms with van der Waals surface area (Å²) in [5.74, 6) is -0.0297. The first-order valence-electron chi connectivity index (χ1n) is 7.93. The molecular formula is C16H24N4O. The number of rotatable bonds is 3. The monoisotopic (exact) mass is 288 g/mol. The van der Waals surface area contributed by atoms with Crippen LogP contribution in [0, 0.1) is 0 Å². The molecule has 0 atom stereocenters. The standard InChI is InChI=1S/C16H24N4O/c1-19-8-10-20(11-9-19)14-6-7-17-15(12-14)16(21)18-13-4-2-3-5-13/h6-7,12-13H,2-5,8-11H2,1H3,(H,18,21). The average molecular weight is 288 g/mol. The summed E-state index contributed by atoms with van der Waals surface area (Å²) < 4.78 is 0. The Morgan fingerprint density at radius 1 is 1.24 bits per heavy atom. The van der Waals surface area contributed by atoms with Gasteiger partial charge in [0.1, 0.15) is 5.69 Å². The molecule has 5 nitrogen and oxygen atoms in total. The predicted molar refractivity (Wildman–Crippen MR) is 83.7 cm³/mol. The van der Waals surface area contributed by atoms with Gasteiger partial charge in [0.15, 0.2) is 0 Å². The Kier molecular flexibility index (Phi) is 4.39. The molecule has 1 aromatic heterocycles. The van der Waals surface area contributed by atoms with E-state index in [1.807, 2.05) is 12.1 Å². The lowest BCUT2D eigenvalue weighted by molar-refractivity contribution is 0.0933. The van der Waals surface area contributed by atoms with Crippen molar-refractivity contribution in [3.8, 4) is 0 Å². The smallest absolute Gasteiger partial charge is 0.270 e. The molecule has 2 aliphatic rings. The first kappa shape index (κ1) is 14.3. The van der Waals surface area contributed by atoms with E-state index >= 15 is 0 Å². The number of aromatic nitrogens is 1. The van der Waals surface area contributed by atoms with Crippen LogP contribution in [0.4, 0.5) is 5.69 Å². The van der Waals surface area contributed by atoms with Gasteiger partial charge >= 0.3 is 0 Å². The Morgan fingerprint density at radius 2 is 1.95 bits per heavy atom. The Hall–Kier alpha value is -1.62. The number of pyridine rings is 1. The molecule has 114 valence electrons. The second kappa shape index (κ2) is 6.43. The normalized spacial score (nSPS) is 20.7. The van der Waals surface area contributed by atoms with Crippen molar-refractivity contribution >= 4 is 11.6 Å². The molecule has 1 amide bonds. The lowest BCUT2D eigenvalue weighted by Crippen LogP contribution is -2.44. The number of nitrogens with zero attached hydrogens (tertiary/aromatic N) is 3. The van der Waals surface area contributed by atoms with E-state index < -0.39 is 0 Å². The molecule has 0 unspecified atom stereocenters. The number of carbonyl (C=O) groups excluding carboxylic acids is 1. The van der Waals surface area contributed by atoms with E-state index in [0.29, 0.717) is 11.7 Å². The fraction of sp³-hybridized carbons (Fsp3) is 0.625. The van der Waals surface area contributed by atoms with Gasteiger partial charge in [0.05, 0.1) is 0 Å². The third-order valence-electron chi connectivity index (χ3n) is 4.53. The highest BCUT2D eigenvalue weighted by atomic mass is 16.1. The summed E-state index contributed by atoms with van der Waals surface area (Å²) in [5.41, 5.74) is 1.65. The van der Waals surface area contributed by atoms with Gasteiger partial charge in [-0.15, -0.1) is 0 Å². The minimum Gasteiger partial charge on any atom is -0.369 e. The van der Waals surface area contributed by atoms with Gasteiger partial charge in [-0.25, -0.2) is 0 Å². The van der Waals surface area contributed by atoms with Crippen molar-refractivity contribution in [3.63, 3.8) is 0 Å². The van der Waals surface area contributed by atoms with Crippen LogP contribution < -0.4 is 10.2 Å². The maximum absolute atomic E-state index is 12.3. The third-order valence-corrected chi connectivity index (χ3v) is 4.53. The van der Waals surface area contributed by atoms with Crippen LogP contribution in [0.5, 0.6) is 0 Å². The van der Waals surface area contributed by atoms with Gasteiger partial charge in [-0.05, 0) is 32.0 Å². The van der Waals surface area contributed by atoms with E-state index in [1.165, 1.54) is 12.8 Å². The molecule has 1 N–H and O–H groups in total.